The first-order valence-electron chi connectivity index (χ1n) is 7.07. The van der Waals surface area contributed by atoms with Gasteiger partial charge in [-0.2, -0.15) is 0 Å². The van der Waals surface area contributed by atoms with Gasteiger partial charge in [-0.25, -0.2) is 15.8 Å². The van der Waals surface area contributed by atoms with Crippen molar-refractivity contribution in [3.05, 3.63) is 17.1 Å². The molecule has 4 nitrogen and oxygen atoms in total. The molecule has 0 aromatic carbocycles. The molecule has 0 radical (unpaired) electrons. The third-order valence-corrected chi connectivity index (χ3v) is 4.81. The smallest absolute Gasteiger partial charge is 0.146 e. The molecule has 3 unspecified atom stereocenters. The average molecular weight is 246 g/mol. The normalized spacial score (nSPS) is 29.8. The SMILES string of the molecule is CCc1nc(C2CC3CCC2C3)nc(NN)c1C. The fraction of sp³-hybridized carbons (Fsp3) is 0.714. The van der Waals surface area contributed by atoms with E-state index in [-0.39, 0.29) is 0 Å². The molecule has 0 spiro atoms. The van der Waals surface area contributed by atoms with Crippen molar-refractivity contribution in [1.29, 1.82) is 0 Å². The molecule has 3 atom stereocenters. The lowest BCUT2D eigenvalue weighted by atomic mass is 9.88. The zero-order chi connectivity index (χ0) is 12.7. The first kappa shape index (κ1) is 11.9. The number of hydrazine groups is 1. The van der Waals surface area contributed by atoms with Crippen LogP contribution in [0.5, 0.6) is 0 Å². The average Bonchev–Trinajstić information content (AvgIpc) is 3.01. The lowest BCUT2D eigenvalue weighted by Crippen LogP contribution is -2.18. The molecule has 4 heteroatoms. The maximum atomic E-state index is 5.58. The highest BCUT2D eigenvalue weighted by molar-refractivity contribution is 5.45. The molecule has 2 aliphatic carbocycles. The lowest BCUT2D eigenvalue weighted by Gasteiger charge is -2.22. The molecule has 2 saturated carbocycles. The van der Waals surface area contributed by atoms with Crippen molar-refractivity contribution in [2.24, 2.45) is 17.7 Å². The highest BCUT2D eigenvalue weighted by Gasteiger charge is 2.41. The molecule has 18 heavy (non-hydrogen) atoms. The standard InChI is InChI=1S/C14H22N4/c1-3-12-8(2)13(18-15)17-14(16-12)11-7-9-4-5-10(11)6-9/h9-11H,3-7,15H2,1-2H3,(H,16,17,18). The van der Waals surface area contributed by atoms with Gasteiger partial charge in [0.2, 0.25) is 0 Å². The quantitative estimate of drug-likeness (QED) is 0.635. The van der Waals surface area contributed by atoms with Gasteiger partial charge in [-0.05, 0) is 44.4 Å². The topological polar surface area (TPSA) is 63.8 Å². The van der Waals surface area contributed by atoms with E-state index in [9.17, 15) is 0 Å². The Balaban J connectivity index is 1.97. The Hall–Kier alpha value is -1.16. The Morgan fingerprint density at radius 2 is 2.11 bits per heavy atom. The molecule has 1 aromatic rings. The van der Waals surface area contributed by atoms with Gasteiger partial charge in [0.25, 0.3) is 0 Å². The molecule has 3 N–H and O–H groups in total. The van der Waals surface area contributed by atoms with Crippen molar-refractivity contribution < 1.29 is 0 Å². The number of aryl methyl sites for hydroxylation is 1. The van der Waals surface area contributed by atoms with Gasteiger partial charge in [-0.15, -0.1) is 0 Å². The second kappa shape index (κ2) is 4.50. The number of rotatable bonds is 3. The molecule has 0 aliphatic heterocycles. The molecule has 3 rings (SSSR count). The van der Waals surface area contributed by atoms with Gasteiger partial charge in [-0.3, -0.25) is 0 Å². The van der Waals surface area contributed by atoms with Gasteiger partial charge in [0.05, 0.1) is 0 Å². The van der Waals surface area contributed by atoms with Crippen molar-refractivity contribution in [2.45, 2.75) is 51.9 Å². The Morgan fingerprint density at radius 1 is 1.28 bits per heavy atom. The van der Waals surface area contributed by atoms with Crippen LogP contribution >= 0.6 is 0 Å². The fourth-order valence-electron chi connectivity index (χ4n) is 3.79. The predicted molar refractivity (Wildman–Crippen MR) is 72.1 cm³/mol. The van der Waals surface area contributed by atoms with Gasteiger partial charge >= 0.3 is 0 Å². The maximum Gasteiger partial charge on any atom is 0.146 e. The largest absolute Gasteiger partial charge is 0.308 e. The number of anilines is 1. The van der Waals surface area contributed by atoms with Crippen LogP contribution in [0.2, 0.25) is 0 Å². The molecule has 98 valence electrons. The minimum absolute atomic E-state index is 0.571. The lowest BCUT2D eigenvalue weighted by molar-refractivity contribution is 0.404. The summed E-state index contributed by atoms with van der Waals surface area (Å²) in [5.74, 6) is 9.71. The third-order valence-electron chi connectivity index (χ3n) is 4.81. The van der Waals surface area contributed by atoms with Crippen LogP contribution in [0.3, 0.4) is 0 Å². The van der Waals surface area contributed by atoms with Gasteiger partial charge in [0.1, 0.15) is 11.6 Å². The number of fused-ring (bicyclic) bond motifs is 2. The summed E-state index contributed by atoms with van der Waals surface area (Å²) < 4.78 is 0. The number of hydrogen-bond donors (Lipinski definition) is 2. The zero-order valence-electron chi connectivity index (χ0n) is 11.2. The number of aromatic nitrogens is 2. The van der Waals surface area contributed by atoms with Crippen LogP contribution in [-0.2, 0) is 6.42 Å². The molecular formula is C14H22N4. The van der Waals surface area contributed by atoms with Crippen LogP contribution in [0.4, 0.5) is 5.82 Å². The van der Waals surface area contributed by atoms with E-state index >= 15 is 0 Å². The van der Waals surface area contributed by atoms with E-state index in [2.05, 4.69) is 17.3 Å². The summed E-state index contributed by atoms with van der Waals surface area (Å²) in [7, 11) is 0. The summed E-state index contributed by atoms with van der Waals surface area (Å²) in [6, 6.07) is 0. The van der Waals surface area contributed by atoms with Crippen LogP contribution in [0.1, 0.15) is 55.6 Å². The molecule has 0 amide bonds. The number of nitrogens with zero attached hydrogens (tertiary/aromatic N) is 2. The zero-order valence-corrected chi connectivity index (χ0v) is 11.2. The molecule has 2 aliphatic rings. The van der Waals surface area contributed by atoms with E-state index in [0.717, 1.165) is 41.2 Å². The number of nitrogens with two attached hydrogens (primary N) is 1. The number of hydrogen-bond acceptors (Lipinski definition) is 4. The van der Waals surface area contributed by atoms with Crippen LogP contribution < -0.4 is 11.3 Å². The van der Waals surface area contributed by atoms with Gasteiger partial charge in [0, 0.05) is 17.2 Å². The Kier molecular flexibility index (Phi) is 2.98. The van der Waals surface area contributed by atoms with Crippen molar-refractivity contribution in [2.75, 3.05) is 5.43 Å². The minimum atomic E-state index is 0.571. The Bertz CT molecular complexity index is 432. The Labute approximate surface area is 108 Å². The molecular weight excluding hydrogens is 224 g/mol. The van der Waals surface area contributed by atoms with E-state index in [1.165, 1.54) is 25.7 Å². The summed E-state index contributed by atoms with van der Waals surface area (Å²) in [6.45, 7) is 4.18. The van der Waals surface area contributed by atoms with Crippen molar-refractivity contribution in [3.63, 3.8) is 0 Å². The van der Waals surface area contributed by atoms with E-state index in [0.29, 0.717) is 5.92 Å². The van der Waals surface area contributed by atoms with E-state index in [1.54, 1.807) is 0 Å². The van der Waals surface area contributed by atoms with Crippen molar-refractivity contribution in [3.8, 4) is 0 Å². The highest BCUT2D eigenvalue weighted by atomic mass is 15.3. The van der Waals surface area contributed by atoms with Crippen LogP contribution in [0, 0.1) is 18.8 Å². The summed E-state index contributed by atoms with van der Waals surface area (Å²) >= 11 is 0. The summed E-state index contributed by atoms with van der Waals surface area (Å²) in [6.07, 6.45) is 6.38. The summed E-state index contributed by atoms with van der Waals surface area (Å²) in [5, 5.41) is 0. The first-order chi connectivity index (χ1) is 8.72. The monoisotopic (exact) mass is 246 g/mol. The van der Waals surface area contributed by atoms with Crippen LogP contribution in [0.15, 0.2) is 0 Å². The molecule has 1 heterocycles. The number of nitrogens with one attached hydrogen (secondary N) is 1. The van der Waals surface area contributed by atoms with Crippen LogP contribution in [-0.4, -0.2) is 9.97 Å². The Morgan fingerprint density at radius 3 is 2.67 bits per heavy atom. The van der Waals surface area contributed by atoms with Gasteiger partial charge in [0.15, 0.2) is 0 Å². The van der Waals surface area contributed by atoms with E-state index in [1.807, 2.05) is 6.92 Å². The van der Waals surface area contributed by atoms with Gasteiger partial charge in [-0.1, -0.05) is 13.3 Å². The molecule has 2 fully saturated rings. The molecule has 2 bridgehead atoms. The molecule has 0 saturated heterocycles. The van der Waals surface area contributed by atoms with E-state index < -0.39 is 0 Å². The van der Waals surface area contributed by atoms with Gasteiger partial charge < -0.3 is 5.43 Å². The van der Waals surface area contributed by atoms with Crippen molar-refractivity contribution >= 4 is 5.82 Å². The second-order valence-electron chi connectivity index (χ2n) is 5.78. The van der Waals surface area contributed by atoms with Crippen molar-refractivity contribution in [1.82, 2.24) is 9.97 Å². The first-order valence-corrected chi connectivity index (χ1v) is 7.07. The third kappa shape index (κ3) is 1.79. The second-order valence-corrected chi connectivity index (χ2v) is 5.78. The highest BCUT2D eigenvalue weighted by Crippen LogP contribution is 2.52. The number of nitrogen functional groups attached to an aromatic ring is 1. The van der Waals surface area contributed by atoms with Crippen LogP contribution in [0.25, 0.3) is 0 Å². The predicted octanol–water partition coefficient (Wildman–Crippen LogP) is 2.54. The molecule has 1 aromatic heterocycles. The maximum absolute atomic E-state index is 5.58. The summed E-state index contributed by atoms with van der Waals surface area (Å²) in [4.78, 5) is 9.45. The minimum Gasteiger partial charge on any atom is -0.308 e. The van der Waals surface area contributed by atoms with E-state index in [4.69, 9.17) is 10.8 Å². The summed E-state index contributed by atoms with van der Waals surface area (Å²) in [5.41, 5.74) is 4.95. The fourth-order valence-corrected chi connectivity index (χ4v) is 3.79.